The molecule has 1 heterocycles. The van der Waals surface area contributed by atoms with Gasteiger partial charge in [-0.2, -0.15) is 0 Å². The molecule has 0 fully saturated rings. The number of benzene rings is 9. The maximum absolute atomic E-state index is 6.46. The Balaban J connectivity index is 1.16. The third-order valence-electron chi connectivity index (χ3n) is 10.7. The Kier molecular flexibility index (Phi) is 8.55. The van der Waals surface area contributed by atoms with Crippen molar-refractivity contribution in [3.8, 4) is 55.6 Å². The van der Waals surface area contributed by atoms with Crippen LogP contribution in [0.2, 0.25) is 0 Å². The van der Waals surface area contributed by atoms with Gasteiger partial charge in [0.15, 0.2) is 0 Å². The zero-order valence-corrected chi connectivity index (χ0v) is 30.7. The molecule has 9 aromatic carbocycles. The summed E-state index contributed by atoms with van der Waals surface area (Å²) < 4.78 is 6.46. The standard InChI is InChI=1S/C54H37NO/c1-3-17-38(18-4-1)41-21-15-22-42(37-41)46-25-9-10-26-47(46)48-27-11-13-29-50(48)55(51-30-16-32-53-54(51)49-28-12-14-31-52(49)56-53)43-35-33-40(34-36-43)45-24-8-7-23-44(45)39-19-5-2-6-20-39/h1-37H. The highest BCUT2D eigenvalue weighted by atomic mass is 16.3. The van der Waals surface area contributed by atoms with Crippen LogP contribution in [0.15, 0.2) is 229 Å². The van der Waals surface area contributed by atoms with E-state index in [1.54, 1.807) is 0 Å². The molecule has 0 N–H and O–H groups in total. The summed E-state index contributed by atoms with van der Waals surface area (Å²) in [5.74, 6) is 0. The third-order valence-corrected chi connectivity index (χ3v) is 10.7. The van der Waals surface area contributed by atoms with Crippen molar-refractivity contribution in [3.63, 3.8) is 0 Å². The number of furan rings is 1. The van der Waals surface area contributed by atoms with Gasteiger partial charge in [-0.25, -0.2) is 0 Å². The molecule has 0 aliphatic carbocycles. The summed E-state index contributed by atoms with van der Waals surface area (Å²) in [6, 6.07) is 80.0. The highest BCUT2D eigenvalue weighted by molar-refractivity contribution is 6.14. The van der Waals surface area contributed by atoms with Crippen LogP contribution in [0.25, 0.3) is 77.6 Å². The summed E-state index contributed by atoms with van der Waals surface area (Å²) in [7, 11) is 0. The van der Waals surface area contributed by atoms with Crippen LogP contribution < -0.4 is 4.90 Å². The van der Waals surface area contributed by atoms with Gasteiger partial charge in [-0.15, -0.1) is 0 Å². The maximum Gasteiger partial charge on any atom is 0.137 e. The molecular weight excluding hydrogens is 679 g/mol. The number of rotatable bonds is 8. The Morgan fingerprint density at radius 1 is 0.286 bits per heavy atom. The summed E-state index contributed by atoms with van der Waals surface area (Å²) in [6.07, 6.45) is 0. The SMILES string of the molecule is c1ccc(-c2cccc(-c3ccccc3-c3ccccc3N(c3ccc(-c4ccccc4-c4ccccc4)cc3)c3cccc4oc5ccccc5c34)c2)cc1. The molecule has 2 heteroatoms. The van der Waals surface area contributed by atoms with Crippen molar-refractivity contribution in [2.45, 2.75) is 0 Å². The predicted molar refractivity (Wildman–Crippen MR) is 236 cm³/mol. The van der Waals surface area contributed by atoms with Crippen LogP contribution in [0.5, 0.6) is 0 Å². The molecule has 0 aliphatic heterocycles. The van der Waals surface area contributed by atoms with Crippen molar-refractivity contribution in [1.29, 1.82) is 0 Å². The lowest BCUT2D eigenvalue weighted by molar-refractivity contribution is 0.669. The van der Waals surface area contributed by atoms with E-state index in [4.69, 9.17) is 4.42 Å². The third kappa shape index (κ3) is 6.04. The Morgan fingerprint density at radius 2 is 0.768 bits per heavy atom. The largest absolute Gasteiger partial charge is 0.456 e. The van der Waals surface area contributed by atoms with E-state index in [1.165, 1.54) is 38.9 Å². The second-order valence-corrected chi connectivity index (χ2v) is 14.1. The van der Waals surface area contributed by atoms with Crippen LogP contribution >= 0.6 is 0 Å². The lowest BCUT2D eigenvalue weighted by Crippen LogP contribution is -2.11. The first-order valence-electron chi connectivity index (χ1n) is 19.1. The summed E-state index contributed by atoms with van der Waals surface area (Å²) in [4.78, 5) is 2.41. The molecular formula is C54H37NO. The van der Waals surface area contributed by atoms with Crippen LogP contribution in [0.4, 0.5) is 17.1 Å². The van der Waals surface area contributed by atoms with E-state index in [2.05, 4.69) is 223 Å². The Bertz CT molecular complexity index is 2960. The molecule has 10 aromatic rings. The minimum atomic E-state index is 0.859. The van der Waals surface area contributed by atoms with E-state index in [0.29, 0.717) is 0 Å². The first-order valence-corrected chi connectivity index (χ1v) is 19.1. The number of fused-ring (bicyclic) bond motifs is 3. The van der Waals surface area contributed by atoms with E-state index < -0.39 is 0 Å². The van der Waals surface area contributed by atoms with Crippen LogP contribution in [0, 0.1) is 0 Å². The predicted octanol–water partition coefficient (Wildman–Crippen LogP) is 15.4. The van der Waals surface area contributed by atoms with Gasteiger partial charge in [-0.1, -0.05) is 182 Å². The lowest BCUT2D eigenvalue weighted by Gasteiger charge is -2.29. The first-order chi connectivity index (χ1) is 27.8. The van der Waals surface area contributed by atoms with Crippen LogP contribution in [-0.2, 0) is 0 Å². The first kappa shape index (κ1) is 33.2. The van der Waals surface area contributed by atoms with Crippen molar-refractivity contribution in [2.75, 3.05) is 4.90 Å². The van der Waals surface area contributed by atoms with Crippen molar-refractivity contribution in [3.05, 3.63) is 224 Å². The van der Waals surface area contributed by atoms with Crippen molar-refractivity contribution in [1.82, 2.24) is 0 Å². The topological polar surface area (TPSA) is 16.4 Å². The quantitative estimate of drug-likeness (QED) is 0.156. The van der Waals surface area contributed by atoms with Gasteiger partial charge in [0.25, 0.3) is 0 Å². The number of hydrogen-bond acceptors (Lipinski definition) is 2. The second kappa shape index (κ2) is 14.4. The maximum atomic E-state index is 6.46. The highest BCUT2D eigenvalue weighted by Crippen LogP contribution is 2.48. The lowest BCUT2D eigenvalue weighted by atomic mass is 9.91. The Hall–Kier alpha value is -7.42. The Morgan fingerprint density at radius 3 is 1.50 bits per heavy atom. The smallest absolute Gasteiger partial charge is 0.137 e. The molecule has 1 aromatic heterocycles. The normalized spacial score (nSPS) is 11.2. The van der Waals surface area contributed by atoms with Crippen LogP contribution in [-0.4, -0.2) is 0 Å². The monoisotopic (exact) mass is 715 g/mol. The van der Waals surface area contributed by atoms with Crippen LogP contribution in [0.3, 0.4) is 0 Å². The molecule has 0 aliphatic rings. The molecule has 0 spiro atoms. The van der Waals surface area contributed by atoms with Crippen molar-refractivity contribution >= 4 is 39.0 Å². The molecule has 0 unspecified atom stereocenters. The molecule has 2 nitrogen and oxygen atoms in total. The fourth-order valence-electron chi connectivity index (χ4n) is 8.11. The molecule has 0 bridgehead atoms. The van der Waals surface area contributed by atoms with Gasteiger partial charge >= 0.3 is 0 Å². The van der Waals surface area contributed by atoms with Gasteiger partial charge in [0.1, 0.15) is 11.2 Å². The molecule has 264 valence electrons. The number of nitrogens with zero attached hydrogens (tertiary/aromatic N) is 1. The fourth-order valence-corrected chi connectivity index (χ4v) is 8.11. The molecule has 0 saturated carbocycles. The average Bonchev–Trinajstić information content (AvgIpc) is 3.67. The van der Waals surface area contributed by atoms with E-state index in [-0.39, 0.29) is 0 Å². The fraction of sp³-hybridized carbons (Fsp3) is 0. The Labute approximate surface area is 327 Å². The van der Waals surface area contributed by atoms with Gasteiger partial charge in [-0.3, -0.25) is 0 Å². The van der Waals surface area contributed by atoms with E-state index in [9.17, 15) is 0 Å². The number of hydrogen-bond donors (Lipinski definition) is 0. The van der Waals surface area contributed by atoms with E-state index in [0.717, 1.165) is 55.7 Å². The average molecular weight is 716 g/mol. The molecule has 0 saturated heterocycles. The minimum Gasteiger partial charge on any atom is -0.456 e. The highest BCUT2D eigenvalue weighted by Gasteiger charge is 2.23. The second-order valence-electron chi connectivity index (χ2n) is 14.1. The van der Waals surface area contributed by atoms with Gasteiger partial charge < -0.3 is 9.32 Å². The zero-order valence-electron chi connectivity index (χ0n) is 30.7. The molecule has 10 rings (SSSR count). The summed E-state index contributed by atoms with van der Waals surface area (Å²) in [6.45, 7) is 0. The molecule has 0 radical (unpaired) electrons. The van der Waals surface area contributed by atoms with E-state index >= 15 is 0 Å². The molecule has 0 amide bonds. The van der Waals surface area contributed by atoms with Crippen molar-refractivity contribution in [2.24, 2.45) is 0 Å². The number of anilines is 3. The molecule has 56 heavy (non-hydrogen) atoms. The van der Waals surface area contributed by atoms with Gasteiger partial charge in [-0.05, 0) is 92.5 Å². The van der Waals surface area contributed by atoms with Gasteiger partial charge in [0, 0.05) is 16.6 Å². The minimum absolute atomic E-state index is 0.859. The van der Waals surface area contributed by atoms with Gasteiger partial charge in [0.2, 0.25) is 0 Å². The van der Waals surface area contributed by atoms with Gasteiger partial charge in [0.05, 0.1) is 16.8 Å². The zero-order chi connectivity index (χ0) is 37.3. The molecule has 0 atom stereocenters. The summed E-state index contributed by atoms with van der Waals surface area (Å²) >= 11 is 0. The number of para-hydroxylation sites is 2. The summed E-state index contributed by atoms with van der Waals surface area (Å²) in [5.41, 5.74) is 16.8. The van der Waals surface area contributed by atoms with Crippen LogP contribution in [0.1, 0.15) is 0 Å². The summed E-state index contributed by atoms with van der Waals surface area (Å²) in [5, 5.41) is 2.17. The van der Waals surface area contributed by atoms with E-state index in [1.807, 2.05) is 6.07 Å². The van der Waals surface area contributed by atoms with Crippen molar-refractivity contribution < 1.29 is 4.42 Å².